The number of rotatable bonds is 9. The molecule has 6 nitrogen and oxygen atoms in total. The number of benzene rings is 2. The Morgan fingerprint density at radius 1 is 1.14 bits per heavy atom. The third-order valence-corrected chi connectivity index (χ3v) is 4.38. The quantitative estimate of drug-likeness (QED) is 0.535. The van der Waals surface area contributed by atoms with Crippen molar-refractivity contribution in [3.63, 3.8) is 0 Å². The average Bonchev–Trinajstić information content (AvgIpc) is 2.68. The number of anilines is 1. The van der Waals surface area contributed by atoms with Gasteiger partial charge in [0.1, 0.15) is 5.82 Å². The first kappa shape index (κ1) is 22.7. The number of nitrogens with one attached hydrogen (secondary N) is 1. The van der Waals surface area contributed by atoms with Crippen LogP contribution in [0.5, 0.6) is 11.5 Å². The Hall–Kier alpha value is -2.61. The van der Waals surface area contributed by atoms with Gasteiger partial charge in [-0.25, -0.2) is 9.18 Å². The molecule has 0 saturated carbocycles. The highest BCUT2D eigenvalue weighted by Crippen LogP contribution is 2.28. The highest BCUT2D eigenvalue weighted by molar-refractivity contribution is 9.10. The molecule has 0 aliphatic heterocycles. The Morgan fingerprint density at radius 3 is 2.55 bits per heavy atom. The largest absolute Gasteiger partial charge is 0.493 e. The molecule has 0 fully saturated rings. The second-order valence-corrected chi connectivity index (χ2v) is 7.56. The summed E-state index contributed by atoms with van der Waals surface area (Å²) in [4.78, 5) is 24.1. The second-order valence-electron chi connectivity index (χ2n) is 6.65. The van der Waals surface area contributed by atoms with Crippen LogP contribution in [-0.2, 0) is 9.53 Å². The second kappa shape index (κ2) is 10.8. The van der Waals surface area contributed by atoms with Gasteiger partial charge in [-0.2, -0.15) is 0 Å². The molecule has 2 aromatic carbocycles. The molecular formula is C21H23BrFNO5. The third kappa shape index (κ3) is 7.05. The van der Waals surface area contributed by atoms with Crippen LogP contribution in [0.2, 0.25) is 0 Å². The molecule has 1 amide bonds. The Morgan fingerprint density at radius 2 is 1.90 bits per heavy atom. The van der Waals surface area contributed by atoms with Crippen LogP contribution in [0.3, 0.4) is 0 Å². The number of ether oxygens (including phenoxy) is 3. The van der Waals surface area contributed by atoms with Crippen molar-refractivity contribution in [2.75, 3.05) is 25.6 Å². The van der Waals surface area contributed by atoms with Crippen LogP contribution in [-0.4, -0.2) is 32.2 Å². The molecule has 0 spiro atoms. The average molecular weight is 468 g/mol. The molecule has 0 aliphatic carbocycles. The lowest BCUT2D eigenvalue weighted by Crippen LogP contribution is -2.21. The number of hydrogen-bond donors (Lipinski definition) is 1. The minimum atomic E-state index is -0.705. The zero-order valence-electron chi connectivity index (χ0n) is 16.5. The first-order valence-corrected chi connectivity index (χ1v) is 9.82. The minimum absolute atomic E-state index is 0.00109. The normalized spacial score (nSPS) is 10.6. The summed E-state index contributed by atoms with van der Waals surface area (Å²) in [5.74, 6) is -0.537. The SMILES string of the molecule is COc1cc(C(=O)OCC(=O)Nc2ccc(Br)cc2F)ccc1OCCC(C)C. The molecule has 0 saturated heterocycles. The summed E-state index contributed by atoms with van der Waals surface area (Å²) >= 11 is 3.13. The highest BCUT2D eigenvalue weighted by atomic mass is 79.9. The molecule has 156 valence electrons. The van der Waals surface area contributed by atoms with Crippen molar-refractivity contribution < 1.29 is 28.2 Å². The van der Waals surface area contributed by atoms with Crippen LogP contribution >= 0.6 is 15.9 Å². The summed E-state index contributed by atoms with van der Waals surface area (Å²) in [6.45, 7) is 4.18. The molecule has 0 heterocycles. The van der Waals surface area contributed by atoms with Gasteiger partial charge in [-0.05, 0) is 48.7 Å². The van der Waals surface area contributed by atoms with Crippen molar-refractivity contribution in [3.8, 4) is 11.5 Å². The summed E-state index contributed by atoms with van der Waals surface area (Å²) in [7, 11) is 1.47. The minimum Gasteiger partial charge on any atom is -0.493 e. The molecule has 0 unspecified atom stereocenters. The predicted octanol–water partition coefficient (Wildman–Crippen LogP) is 4.82. The van der Waals surface area contributed by atoms with Gasteiger partial charge in [-0.1, -0.05) is 29.8 Å². The van der Waals surface area contributed by atoms with Crippen molar-refractivity contribution in [1.29, 1.82) is 0 Å². The van der Waals surface area contributed by atoms with Gasteiger partial charge >= 0.3 is 5.97 Å². The Balaban J connectivity index is 1.93. The maximum atomic E-state index is 13.8. The Kier molecular flexibility index (Phi) is 8.45. The van der Waals surface area contributed by atoms with E-state index in [0.29, 0.717) is 28.5 Å². The Labute approximate surface area is 177 Å². The molecule has 0 bridgehead atoms. The van der Waals surface area contributed by atoms with Crippen LogP contribution in [0.4, 0.5) is 10.1 Å². The lowest BCUT2D eigenvalue weighted by atomic mass is 10.1. The topological polar surface area (TPSA) is 73.9 Å². The van der Waals surface area contributed by atoms with E-state index in [9.17, 15) is 14.0 Å². The number of carbonyl (C=O) groups is 2. The van der Waals surface area contributed by atoms with Crippen molar-refractivity contribution in [1.82, 2.24) is 0 Å². The summed E-state index contributed by atoms with van der Waals surface area (Å²) in [6, 6.07) is 8.84. The predicted molar refractivity (Wildman–Crippen MR) is 111 cm³/mol. The maximum absolute atomic E-state index is 13.8. The zero-order valence-corrected chi connectivity index (χ0v) is 18.0. The van der Waals surface area contributed by atoms with E-state index in [2.05, 4.69) is 35.1 Å². The molecular weight excluding hydrogens is 445 g/mol. The fraction of sp³-hybridized carbons (Fsp3) is 0.333. The summed E-state index contributed by atoms with van der Waals surface area (Å²) in [5.41, 5.74) is 0.208. The first-order chi connectivity index (χ1) is 13.8. The van der Waals surface area contributed by atoms with Crippen molar-refractivity contribution in [3.05, 3.63) is 52.3 Å². The van der Waals surface area contributed by atoms with Gasteiger partial charge in [-0.15, -0.1) is 0 Å². The molecule has 0 aliphatic rings. The van der Waals surface area contributed by atoms with Crippen LogP contribution in [0.1, 0.15) is 30.6 Å². The van der Waals surface area contributed by atoms with Gasteiger partial charge < -0.3 is 19.5 Å². The standard InChI is InChI=1S/C21H23BrFNO5/c1-13(2)8-9-28-18-7-4-14(10-19(18)27-3)21(26)29-12-20(25)24-17-6-5-15(22)11-16(17)23/h4-7,10-11,13H,8-9,12H2,1-3H3,(H,24,25). The summed E-state index contributed by atoms with van der Waals surface area (Å²) < 4.78 is 30.2. The molecule has 0 radical (unpaired) electrons. The number of halogens is 2. The van der Waals surface area contributed by atoms with E-state index in [0.717, 1.165) is 6.42 Å². The van der Waals surface area contributed by atoms with Gasteiger partial charge in [0.15, 0.2) is 18.1 Å². The smallest absolute Gasteiger partial charge is 0.338 e. The molecule has 0 atom stereocenters. The third-order valence-electron chi connectivity index (χ3n) is 3.89. The van der Waals surface area contributed by atoms with E-state index in [-0.39, 0.29) is 11.3 Å². The lowest BCUT2D eigenvalue weighted by Gasteiger charge is -2.13. The van der Waals surface area contributed by atoms with E-state index < -0.39 is 24.3 Å². The van der Waals surface area contributed by atoms with Gasteiger partial charge in [0.05, 0.1) is 25.0 Å². The van der Waals surface area contributed by atoms with Gasteiger partial charge in [0.2, 0.25) is 0 Å². The molecule has 2 aromatic rings. The van der Waals surface area contributed by atoms with Crippen molar-refractivity contribution in [2.45, 2.75) is 20.3 Å². The van der Waals surface area contributed by atoms with Crippen LogP contribution in [0.25, 0.3) is 0 Å². The van der Waals surface area contributed by atoms with Crippen molar-refractivity contribution >= 4 is 33.5 Å². The van der Waals surface area contributed by atoms with E-state index in [1.54, 1.807) is 12.1 Å². The summed E-state index contributed by atoms with van der Waals surface area (Å²) in [6.07, 6.45) is 0.890. The number of amides is 1. The van der Waals surface area contributed by atoms with E-state index in [1.165, 1.54) is 31.4 Å². The number of methoxy groups -OCH3 is 1. The van der Waals surface area contributed by atoms with Crippen molar-refractivity contribution in [2.24, 2.45) is 5.92 Å². The van der Waals surface area contributed by atoms with Crippen LogP contribution in [0, 0.1) is 11.7 Å². The van der Waals surface area contributed by atoms with Crippen LogP contribution < -0.4 is 14.8 Å². The van der Waals surface area contributed by atoms with E-state index >= 15 is 0 Å². The van der Waals surface area contributed by atoms with Gasteiger partial charge in [0, 0.05) is 4.47 Å². The van der Waals surface area contributed by atoms with Crippen LogP contribution in [0.15, 0.2) is 40.9 Å². The highest BCUT2D eigenvalue weighted by Gasteiger charge is 2.15. The van der Waals surface area contributed by atoms with E-state index in [1.807, 2.05) is 0 Å². The summed E-state index contributed by atoms with van der Waals surface area (Å²) in [5, 5.41) is 2.35. The number of carbonyl (C=O) groups excluding carboxylic acids is 2. The fourth-order valence-electron chi connectivity index (χ4n) is 2.31. The monoisotopic (exact) mass is 467 g/mol. The Bertz CT molecular complexity index is 872. The molecule has 1 N–H and O–H groups in total. The molecule has 29 heavy (non-hydrogen) atoms. The molecule has 2 rings (SSSR count). The first-order valence-electron chi connectivity index (χ1n) is 9.03. The lowest BCUT2D eigenvalue weighted by molar-refractivity contribution is -0.119. The number of esters is 1. The van der Waals surface area contributed by atoms with E-state index in [4.69, 9.17) is 14.2 Å². The van der Waals surface area contributed by atoms with Gasteiger partial charge in [-0.3, -0.25) is 4.79 Å². The fourth-order valence-corrected chi connectivity index (χ4v) is 2.64. The zero-order chi connectivity index (χ0) is 21.4. The number of hydrogen-bond acceptors (Lipinski definition) is 5. The van der Waals surface area contributed by atoms with Gasteiger partial charge in [0.25, 0.3) is 5.91 Å². The molecule has 8 heteroatoms. The maximum Gasteiger partial charge on any atom is 0.338 e. The molecule has 0 aromatic heterocycles.